The molecular formula is C43H35NO6. The maximum atomic E-state index is 14.0. The first kappa shape index (κ1) is 31.4. The maximum Gasteiger partial charge on any atom is 0.414 e. The fourth-order valence-corrected chi connectivity index (χ4v) is 7.32. The van der Waals surface area contributed by atoms with Gasteiger partial charge in [0.15, 0.2) is 0 Å². The molecule has 248 valence electrons. The van der Waals surface area contributed by atoms with E-state index in [-0.39, 0.29) is 32.3 Å². The Bertz CT molecular complexity index is 2170. The van der Waals surface area contributed by atoms with Crippen LogP contribution in [0.15, 0.2) is 127 Å². The monoisotopic (exact) mass is 661 g/mol. The van der Waals surface area contributed by atoms with Gasteiger partial charge >= 0.3 is 12.1 Å². The molecule has 6 aromatic carbocycles. The van der Waals surface area contributed by atoms with Crippen LogP contribution in [0.1, 0.15) is 49.7 Å². The van der Waals surface area contributed by atoms with Crippen LogP contribution >= 0.6 is 0 Å². The van der Waals surface area contributed by atoms with Crippen molar-refractivity contribution in [3.63, 3.8) is 0 Å². The van der Waals surface area contributed by atoms with Crippen molar-refractivity contribution in [1.29, 1.82) is 0 Å². The minimum Gasteiger partial charge on any atom is -0.488 e. The normalized spacial score (nSPS) is 13.1. The Morgan fingerprint density at radius 3 is 1.98 bits per heavy atom. The van der Waals surface area contributed by atoms with E-state index >= 15 is 0 Å². The van der Waals surface area contributed by atoms with Gasteiger partial charge in [-0.05, 0) is 69.0 Å². The number of amides is 1. The first-order valence-electron chi connectivity index (χ1n) is 16.8. The standard InChI is InChI=1S/C43H35NO6/c45-24-38-40-35(21-22-44(40)43(47)50-27-39-33-17-9-7-15-31(33)32-16-8-10-18-34(32)39)37-23-30(42(46)49-26-29-13-5-2-6-14-29)19-20-36(37)41(38)48-25-28-11-3-1-4-12-28/h1-20,23,39,45H,21-22,24-27H2. The molecule has 8 rings (SSSR count). The van der Waals surface area contributed by atoms with Crippen molar-refractivity contribution in [2.75, 3.05) is 18.1 Å². The molecule has 1 amide bonds. The van der Waals surface area contributed by atoms with Gasteiger partial charge in [0.2, 0.25) is 0 Å². The Kier molecular flexibility index (Phi) is 8.49. The van der Waals surface area contributed by atoms with E-state index in [0.717, 1.165) is 49.7 Å². The molecule has 2 aliphatic rings. The smallest absolute Gasteiger partial charge is 0.414 e. The van der Waals surface area contributed by atoms with Crippen LogP contribution in [0.5, 0.6) is 5.75 Å². The third kappa shape index (κ3) is 5.76. The number of anilines is 1. The Hall–Kier alpha value is -5.92. The summed E-state index contributed by atoms with van der Waals surface area (Å²) < 4.78 is 18.2. The Labute approximate surface area is 290 Å². The molecule has 1 heterocycles. The Morgan fingerprint density at radius 1 is 0.700 bits per heavy atom. The first-order chi connectivity index (χ1) is 24.6. The van der Waals surface area contributed by atoms with Gasteiger partial charge in [-0.15, -0.1) is 0 Å². The Balaban J connectivity index is 1.13. The van der Waals surface area contributed by atoms with Gasteiger partial charge in [0.25, 0.3) is 0 Å². The lowest BCUT2D eigenvalue weighted by molar-refractivity contribution is 0.0473. The van der Waals surface area contributed by atoms with E-state index in [2.05, 4.69) is 24.3 Å². The highest BCUT2D eigenvalue weighted by Gasteiger charge is 2.35. The number of aliphatic hydroxyl groups excluding tert-OH is 1. The highest BCUT2D eigenvalue weighted by molar-refractivity contribution is 6.05. The third-order valence-corrected chi connectivity index (χ3v) is 9.68. The van der Waals surface area contributed by atoms with Crippen LogP contribution in [0.25, 0.3) is 21.9 Å². The van der Waals surface area contributed by atoms with Crippen molar-refractivity contribution in [3.8, 4) is 16.9 Å². The third-order valence-electron chi connectivity index (χ3n) is 9.68. The number of hydrogen-bond acceptors (Lipinski definition) is 6. The van der Waals surface area contributed by atoms with Crippen LogP contribution in [-0.4, -0.2) is 30.3 Å². The summed E-state index contributed by atoms with van der Waals surface area (Å²) in [5.74, 6) is -0.0712. The van der Waals surface area contributed by atoms with Crippen LogP contribution in [0.4, 0.5) is 10.5 Å². The fraction of sp³-hybridized carbons (Fsp3) is 0.163. The number of hydrogen-bond donors (Lipinski definition) is 1. The predicted molar refractivity (Wildman–Crippen MR) is 192 cm³/mol. The van der Waals surface area contributed by atoms with E-state index in [1.165, 1.54) is 0 Å². The molecule has 0 saturated carbocycles. The number of benzene rings is 6. The summed E-state index contributed by atoms with van der Waals surface area (Å²) in [5, 5.41) is 12.4. The molecular weight excluding hydrogens is 626 g/mol. The largest absolute Gasteiger partial charge is 0.488 e. The van der Waals surface area contributed by atoms with Crippen LogP contribution < -0.4 is 9.64 Å². The summed E-state index contributed by atoms with van der Waals surface area (Å²) in [6.45, 7) is 0.596. The number of carbonyl (C=O) groups is 2. The van der Waals surface area contributed by atoms with Crippen molar-refractivity contribution in [3.05, 3.63) is 166 Å². The van der Waals surface area contributed by atoms with Gasteiger partial charge in [-0.25, -0.2) is 9.59 Å². The highest BCUT2D eigenvalue weighted by atomic mass is 16.6. The zero-order valence-corrected chi connectivity index (χ0v) is 27.4. The van der Waals surface area contributed by atoms with Crippen LogP contribution in [0, 0.1) is 0 Å². The average molecular weight is 662 g/mol. The van der Waals surface area contributed by atoms with Crippen molar-refractivity contribution in [2.45, 2.75) is 32.2 Å². The SMILES string of the molecule is O=C(OCc1ccccc1)c1ccc2c(OCc3ccccc3)c(CO)c3c(c2c1)CCN3C(=O)OCC1c2ccccc2-c2ccccc21. The highest BCUT2D eigenvalue weighted by Crippen LogP contribution is 2.47. The van der Waals surface area contributed by atoms with E-state index in [4.69, 9.17) is 14.2 Å². The number of carbonyl (C=O) groups excluding carboxylic acids is 2. The van der Waals surface area contributed by atoms with Gasteiger partial charge in [0.05, 0.1) is 17.9 Å². The molecule has 0 spiro atoms. The summed E-state index contributed by atoms with van der Waals surface area (Å²) >= 11 is 0. The average Bonchev–Trinajstić information content (AvgIpc) is 3.76. The first-order valence-corrected chi connectivity index (χ1v) is 16.8. The predicted octanol–water partition coefficient (Wildman–Crippen LogP) is 8.58. The molecule has 1 aliphatic heterocycles. The second-order valence-electron chi connectivity index (χ2n) is 12.6. The molecule has 0 fully saturated rings. The van der Waals surface area contributed by atoms with Crippen molar-refractivity contribution < 1.29 is 28.9 Å². The number of fused-ring (bicyclic) bond motifs is 6. The second kappa shape index (κ2) is 13.5. The number of aliphatic hydroxyl groups is 1. The topological polar surface area (TPSA) is 85.3 Å². The molecule has 50 heavy (non-hydrogen) atoms. The van der Waals surface area contributed by atoms with Crippen LogP contribution in [0.2, 0.25) is 0 Å². The van der Waals surface area contributed by atoms with E-state index in [0.29, 0.717) is 35.5 Å². The molecule has 7 nitrogen and oxygen atoms in total. The molecule has 0 aromatic heterocycles. The van der Waals surface area contributed by atoms with Crippen LogP contribution in [-0.2, 0) is 35.7 Å². The summed E-state index contributed by atoms with van der Waals surface area (Å²) in [7, 11) is 0. The number of esters is 1. The zero-order valence-electron chi connectivity index (χ0n) is 27.4. The number of ether oxygens (including phenoxy) is 3. The summed E-state index contributed by atoms with van der Waals surface area (Å²) in [5.41, 5.74) is 8.74. The van der Waals surface area contributed by atoms with E-state index in [1.807, 2.05) is 91.0 Å². The zero-order chi connectivity index (χ0) is 34.0. The van der Waals surface area contributed by atoms with Crippen molar-refractivity contribution >= 4 is 28.5 Å². The van der Waals surface area contributed by atoms with Gasteiger partial charge in [0, 0.05) is 23.4 Å². The molecule has 1 N–H and O–H groups in total. The fourth-order valence-electron chi connectivity index (χ4n) is 7.32. The van der Waals surface area contributed by atoms with Gasteiger partial charge in [0.1, 0.15) is 25.6 Å². The molecule has 0 atom stereocenters. The number of rotatable bonds is 9. The van der Waals surface area contributed by atoms with Gasteiger partial charge in [-0.1, -0.05) is 109 Å². The molecule has 1 aliphatic carbocycles. The summed E-state index contributed by atoms with van der Waals surface area (Å²) in [4.78, 5) is 28.8. The maximum absolute atomic E-state index is 14.0. The lowest BCUT2D eigenvalue weighted by Gasteiger charge is -2.24. The van der Waals surface area contributed by atoms with E-state index in [9.17, 15) is 14.7 Å². The van der Waals surface area contributed by atoms with E-state index in [1.54, 1.807) is 17.0 Å². The lowest BCUT2D eigenvalue weighted by atomic mass is 9.95. The second-order valence-corrected chi connectivity index (χ2v) is 12.6. The van der Waals surface area contributed by atoms with Gasteiger partial charge in [-0.3, -0.25) is 4.90 Å². The van der Waals surface area contributed by atoms with Crippen LogP contribution in [0.3, 0.4) is 0 Å². The van der Waals surface area contributed by atoms with Gasteiger partial charge < -0.3 is 19.3 Å². The quantitative estimate of drug-likeness (QED) is 0.156. The Morgan fingerprint density at radius 2 is 1.32 bits per heavy atom. The molecule has 0 unspecified atom stereocenters. The summed E-state index contributed by atoms with van der Waals surface area (Å²) in [6.07, 6.45) is 0.0249. The minimum absolute atomic E-state index is 0.0865. The molecule has 6 aromatic rings. The molecule has 0 radical (unpaired) electrons. The summed E-state index contributed by atoms with van der Waals surface area (Å²) in [6, 6.07) is 41.1. The van der Waals surface area contributed by atoms with Crippen molar-refractivity contribution in [2.24, 2.45) is 0 Å². The lowest BCUT2D eigenvalue weighted by Crippen LogP contribution is -2.31. The number of nitrogens with zero attached hydrogens (tertiary/aromatic N) is 1. The van der Waals surface area contributed by atoms with Gasteiger partial charge in [-0.2, -0.15) is 0 Å². The molecule has 0 saturated heterocycles. The molecule has 0 bridgehead atoms. The van der Waals surface area contributed by atoms with E-state index < -0.39 is 12.1 Å². The minimum atomic E-state index is -0.493. The van der Waals surface area contributed by atoms with Crippen molar-refractivity contribution in [1.82, 2.24) is 0 Å². The molecule has 7 heteroatoms.